The van der Waals surface area contributed by atoms with Crippen molar-refractivity contribution < 1.29 is 14.8 Å². The zero-order chi connectivity index (χ0) is 13.5. The van der Waals surface area contributed by atoms with Gasteiger partial charge in [-0.15, -0.1) is 0 Å². The molecule has 2 amide bonds. The monoisotopic (exact) mass is 256 g/mol. The van der Waals surface area contributed by atoms with E-state index in [1.807, 2.05) is 6.92 Å². The van der Waals surface area contributed by atoms with Crippen LogP contribution in [0.25, 0.3) is 0 Å². The minimum atomic E-state index is -0.647. The third-order valence-corrected chi connectivity index (χ3v) is 2.92. The lowest BCUT2D eigenvalue weighted by Crippen LogP contribution is -2.44. The molecule has 1 saturated heterocycles. The van der Waals surface area contributed by atoms with Crippen molar-refractivity contribution in [3.63, 3.8) is 0 Å². The zero-order valence-corrected chi connectivity index (χ0v) is 10.6. The van der Waals surface area contributed by atoms with Crippen molar-refractivity contribution in [2.24, 2.45) is 16.8 Å². The van der Waals surface area contributed by atoms with Gasteiger partial charge < -0.3 is 21.2 Å². The quantitative estimate of drug-likeness (QED) is 0.272. The van der Waals surface area contributed by atoms with Gasteiger partial charge in [-0.05, 0) is 12.8 Å². The van der Waals surface area contributed by atoms with Crippen LogP contribution in [0.1, 0.15) is 26.2 Å². The van der Waals surface area contributed by atoms with Crippen molar-refractivity contribution in [3.05, 3.63) is 0 Å². The smallest absolute Gasteiger partial charge is 0.239 e. The SMILES string of the molecule is CCCC(C(=O)N1CCCNC(=O)C1)C(N)=NO. The number of hydrogen-bond donors (Lipinski definition) is 3. The first-order valence-electron chi connectivity index (χ1n) is 6.13. The highest BCUT2D eigenvalue weighted by Crippen LogP contribution is 2.12. The standard InChI is InChI=1S/C11H20N4O3/c1-2-4-8(10(12)14-18)11(17)15-6-3-5-13-9(16)7-15/h8,18H,2-7H2,1H3,(H2,12,14)(H,13,16). The van der Waals surface area contributed by atoms with Crippen LogP contribution in [0.5, 0.6) is 0 Å². The van der Waals surface area contributed by atoms with Crippen LogP contribution in [0.3, 0.4) is 0 Å². The summed E-state index contributed by atoms with van der Waals surface area (Å²) >= 11 is 0. The van der Waals surface area contributed by atoms with Crippen LogP contribution < -0.4 is 11.1 Å². The molecule has 7 nitrogen and oxygen atoms in total. The van der Waals surface area contributed by atoms with Gasteiger partial charge in [0.25, 0.3) is 0 Å². The number of nitrogens with one attached hydrogen (secondary N) is 1. The molecule has 1 atom stereocenters. The normalized spacial score (nSPS) is 19.1. The van der Waals surface area contributed by atoms with Gasteiger partial charge in [-0.1, -0.05) is 18.5 Å². The minimum Gasteiger partial charge on any atom is -0.409 e. The lowest BCUT2D eigenvalue weighted by atomic mass is 10.0. The molecule has 1 heterocycles. The Balaban J connectivity index is 2.77. The predicted octanol–water partition coefficient (Wildman–Crippen LogP) is -0.502. The van der Waals surface area contributed by atoms with Crippen LogP contribution >= 0.6 is 0 Å². The summed E-state index contributed by atoms with van der Waals surface area (Å²) < 4.78 is 0. The van der Waals surface area contributed by atoms with Gasteiger partial charge in [0.2, 0.25) is 11.8 Å². The summed E-state index contributed by atoms with van der Waals surface area (Å²) in [5, 5.41) is 14.3. The molecule has 0 aromatic carbocycles. The third kappa shape index (κ3) is 3.61. The molecule has 102 valence electrons. The van der Waals surface area contributed by atoms with Crippen molar-refractivity contribution in [2.45, 2.75) is 26.2 Å². The van der Waals surface area contributed by atoms with Crippen molar-refractivity contribution in [1.82, 2.24) is 10.2 Å². The maximum Gasteiger partial charge on any atom is 0.239 e. The van der Waals surface area contributed by atoms with Crippen molar-refractivity contribution in [3.8, 4) is 0 Å². The number of nitrogens with zero attached hydrogens (tertiary/aromatic N) is 2. The topological polar surface area (TPSA) is 108 Å². The Morgan fingerprint density at radius 2 is 2.39 bits per heavy atom. The molecule has 4 N–H and O–H groups in total. The molecule has 1 aliphatic heterocycles. The number of amidine groups is 1. The second kappa shape index (κ2) is 6.83. The molecular weight excluding hydrogens is 236 g/mol. The number of nitrogens with two attached hydrogens (primary N) is 1. The molecule has 0 bridgehead atoms. The van der Waals surface area contributed by atoms with Crippen LogP contribution in [0.15, 0.2) is 5.16 Å². The summed E-state index contributed by atoms with van der Waals surface area (Å²) in [4.78, 5) is 25.1. The summed E-state index contributed by atoms with van der Waals surface area (Å²) in [7, 11) is 0. The lowest BCUT2D eigenvalue weighted by molar-refractivity contribution is -0.137. The molecule has 0 aliphatic carbocycles. The summed E-state index contributed by atoms with van der Waals surface area (Å²) in [6.45, 7) is 3.04. The Morgan fingerprint density at radius 1 is 1.67 bits per heavy atom. The highest BCUT2D eigenvalue weighted by atomic mass is 16.4. The van der Waals surface area contributed by atoms with Gasteiger partial charge in [-0.25, -0.2) is 0 Å². The van der Waals surface area contributed by atoms with Crippen molar-refractivity contribution in [1.29, 1.82) is 0 Å². The zero-order valence-electron chi connectivity index (χ0n) is 10.6. The van der Waals surface area contributed by atoms with Crippen LogP contribution in [0.4, 0.5) is 0 Å². The van der Waals surface area contributed by atoms with Crippen LogP contribution in [0, 0.1) is 5.92 Å². The molecular formula is C11H20N4O3. The highest BCUT2D eigenvalue weighted by Gasteiger charge is 2.29. The number of hydrogen-bond acceptors (Lipinski definition) is 4. The highest BCUT2D eigenvalue weighted by molar-refractivity contribution is 6.02. The molecule has 1 fully saturated rings. The summed E-state index contributed by atoms with van der Waals surface area (Å²) in [6.07, 6.45) is 1.96. The number of rotatable bonds is 4. The maximum absolute atomic E-state index is 12.3. The molecule has 1 unspecified atom stereocenters. The van der Waals surface area contributed by atoms with E-state index in [0.29, 0.717) is 25.9 Å². The first-order chi connectivity index (χ1) is 8.60. The van der Waals surface area contributed by atoms with Gasteiger partial charge in [0.15, 0.2) is 5.84 Å². The van der Waals surface area contributed by atoms with Gasteiger partial charge in [0.05, 0.1) is 12.5 Å². The minimum absolute atomic E-state index is 0.0394. The third-order valence-electron chi connectivity index (χ3n) is 2.92. The van der Waals surface area contributed by atoms with E-state index in [9.17, 15) is 9.59 Å². The molecule has 0 aromatic rings. The van der Waals surface area contributed by atoms with E-state index in [1.54, 1.807) is 0 Å². The largest absolute Gasteiger partial charge is 0.409 e. The molecule has 0 aromatic heterocycles. The Morgan fingerprint density at radius 3 is 3.00 bits per heavy atom. The van der Waals surface area contributed by atoms with Gasteiger partial charge in [-0.2, -0.15) is 0 Å². The fourth-order valence-corrected chi connectivity index (χ4v) is 1.97. The second-order valence-electron chi connectivity index (χ2n) is 4.33. The Labute approximate surface area is 106 Å². The average molecular weight is 256 g/mol. The second-order valence-corrected chi connectivity index (χ2v) is 4.33. The lowest BCUT2D eigenvalue weighted by Gasteiger charge is -2.24. The summed E-state index contributed by atoms with van der Waals surface area (Å²) in [5.74, 6) is -1.16. The first kappa shape index (κ1) is 14.3. The molecule has 0 radical (unpaired) electrons. The Hall–Kier alpha value is -1.79. The fourth-order valence-electron chi connectivity index (χ4n) is 1.97. The van der Waals surface area contributed by atoms with E-state index in [4.69, 9.17) is 10.9 Å². The molecule has 1 rings (SSSR count). The van der Waals surface area contributed by atoms with Gasteiger partial charge in [0, 0.05) is 13.1 Å². The molecule has 7 heteroatoms. The number of oxime groups is 1. The fraction of sp³-hybridized carbons (Fsp3) is 0.727. The van der Waals surface area contributed by atoms with Crippen molar-refractivity contribution in [2.75, 3.05) is 19.6 Å². The molecule has 18 heavy (non-hydrogen) atoms. The van der Waals surface area contributed by atoms with E-state index < -0.39 is 5.92 Å². The molecule has 0 spiro atoms. The van der Waals surface area contributed by atoms with Crippen molar-refractivity contribution >= 4 is 17.6 Å². The van der Waals surface area contributed by atoms with Gasteiger partial charge in [0.1, 0.15) is 0 Å². The first-order valence-corrected chi connectivity index (χ1v) is 6.13. The van der Waals surface area contributed by atoms with E-state index >= 15 is 0 Å². The van der Waals surface area contributed by atoms with Crippen LogP contribution in [-0.4, -0.2) is 47.4 Å². The number of carbonyl (C=O) groups is 2. The molecule has 0 saturated carbocycles. The van der Waals surface area contributed by atoms with E-state index in [2.05, 4.69) is 10.5 Å². The molecule has 1 aliphatic rings. The van der Waals surface area contributed by atoms with Gasteiger partial charge >= 0.3 is 0 Å². The van der Waals surface area contributed by atoms with E-state index in [1.165, 1.54) is 4.90 Å². The van der Waals surface area contributed by atoms with E-state index in [-0.39, 0.29) is 24.2 Å². The number of carbonyl (C=O) groups excluding carboxylic acids is 2. The Bertz CT molecular complexity index is 343. The number of amides is 2. The maximum atomic E-state index is 12.3. The predicted molar refractivity (Wildman–Crippen MR) is 66.0 cm³/mol. The average Bonchev–Trinajstić information content (AvgIpc) is 2.59. The summed E-state index contributed by atoms with van der Waals surface area (Å²) in [5.41, 5.74) is 5.54. The summed E-state index contributed by atoms with van der Waals surface area (Å²) in [6, 6.07) is 0. The van der Waals surface area contributed by atoms with Crippen LogP contribution in [-0.2, 0) is 9.59 Å². The van der Waals surface area contributed by atoms with E-state index in [0.717, 1.165) is 6.42 Å². The van der Waals surface area contributed by atoms with Crippen LogP contribution in [0.2, 0.25) is 0 Å². The Kier molecular flexibility index (Phi) is 5.41. The van der Waals surface area contributed by atoms with Gasteiger partial charge in [-0.3, -0.25) is 9.59 Å².